The van der Waals surface area contributed by atoms with Gasteiger partial charge in [-0.1, -0.05) is 38.8 Å². The van der Waals surface area contributed by atoms with Gasteiger partial charge in [-0.25, -0.2) is 0 Å². The van der Waals surface area contributed by atoms with Gasteiger partial charge in [-0.3, -0.25) is 9.59 Å². The molecule has 2 amide bonds. The fourth-order valence-electron chi connectivity index (χ4n) is 1.50. The van der Waals surface area contributed by atoms with Gasteiger partial charge in [0, 0.05) is 6.42 Å². The SMILES string of the molecule is CC/C=C\C(CC(N)=O)NC(=O)CCCCC. The van der Waals surface area contributed by atoms with Crippen LogP contribution in [0, 0.1) is 0 Å². The summed E-state index contributed by atoms with van der Waals surface area (Å²) in [6.45, 7) is 4.10. The maximum Gasteiger partial charge on any atom is 0.220 e. The second-order valence-electron chi connectivity index (χ2n) is 4.14. The Labute approximate surface area is 104 Å². The standard InChI is InChI=1S/C13H24N2O2/c1-3-5-7-9-13(17)15-11(8-6-4-2)10-12(14)16/h6,8,11H,3-5,7,9-10H2,1-2H3,(H2,14,16)(H,15,17)/b8-6-. The Balaban J connectivity index is 4.08. The fraction of sp³-hybridized carbons (Fsp3) is 0.692. The van der Waals surface area contributed by atoms with Crippen LogP contribution in [0.1, 0.15) is 52.4 Å². The molecule has 0 fully saturated rings. The number of primary amides is 1. The Hall–Kier alpha value is -1.32. The van der Waals surface area contributed by atoms with Crippen molar-refractivity contribution in [2.75, 3.05) is 0 Å². The molecule has 0 aliphatic carbocycles. The van der Waals surface area contributed by atoms with E-state index < -0.39 is 5.91 Å². The number of rotatable bonds is 9. The van der Waals surface area contributed by atoms with E-state index in [0.29, 0.717) is 6.42 Å². The predicted octanol–water partition coefficient (Wildman–Crippen LogP) is 1.89. The first-order chi connectivity index (χ1) is 8.10. The fourth-order valence-corrected chi connectivity index (χ4v) is 1.50. The third kappa shape index (κ3) is 9.60. The van der Waals surface area contributed by atoms with E-state index >= 15 is 0 Å². The first-order valence-corrected chi connectivity index (χ1v) is 6.34. The number of nitrogens with two attached hydrogens (primary N) is 1. The molecule has 4 nitrogen and oxygen atoms in total. The van der Waals surface area contributed by atoms with Crippen LogP contribution >= 0.6 is 0 Å². The molecule has 0 aliphatic rings. The average molecular weight is 240 g/mol. The zero-order chi connectivity index (χ0) is 13.1. The zero-order valence-electron chi connectivity index (χ0n) is 10.9. The molecule has 0 bridgehead atoms. The third-order valence-electron chi connectivity index (χ3n) is 2.38. The number of hydrogen-bond acceptors (Lipinski definition) is 2. The van der Waals surface area contributed by atoms with Gasteiger partial charge in [-0.2, -0.15) is 0 Å². The summed E-state index contributed by atoms with van der Waals surface area (Å²) in [7, 11) is 0. The molecule has 0 rings (SSSR count). The summed E-state index contributed by atoms with van der Waals surface area (Å²) in [4.78, 5) is 22.4. The van der Waals surface area contributed by atoms with E-state index in [-0.39, 0.29) is 18.4 Å². The van der Waals surface area contributed by atoms with E-state index in [2.05, 4.69) is 12.2 Å². The van der Waals surface area contributed by atoms with Crippen molar-refractivity contribution in [2.45, 2.75) is 58.4 Å². The average Bonchev–Trinajstić information content (AvgIpc) is 2.25. The van der Waals surface area contributed by atoms with Crippen molar-refractivity contribution >= 4 is 11.8 Å². The summed E-state index contributed by atoms with van der Waals surface area (Å²) in [5.74, 6) is -0.407. The maximum absolute atomic E-state index is 11.6. The minimum atomic E-state index is -0.399. The van der Waals surface area contributed by atoms with Gasteiger partial charge in [-0.05, 0) is 12.8 Å². The van der Waals surface area contributed by atoms with E-state index in [0.717, 1.165) is 25.7 Å². The van der Waals surface area contributed by atoms with E-state index in [4.69, 9.17) is 5.73 Å². The van der Waals surface area contributed by atoms with Gasteiger partial charge in [-0.15, -0.1) is 0 Å². The molecule has 0 aromatic carbocycles. The predicted molar refractivity (Wildman–Crippen MR) is 69.3 cm³/mol. The molecule has 1 unspecified atom stereocenters. The summed E-state index contributed by atoms with van der Waals surface area (Å²) >= 11 is 0. The normalized spacial score (nSPS) is 12.6. The number of carbonyl (C=O) groups is 2. The van der Waals surface area contributed by atoms with Gasteiger partial charge in [0.05, 0.1) is 12.5 Å². The summed E-state index contributed by atoms with van der Waals surface area (Å²) in [5.41, 5.74) is 5.14. The Kier molecular flexibility index (Phi) is 9.11. The molecular formula is C13H24N2O2. The second kappa shape index (κ2) is 9.87. The highest BCUT2D eigenvalue weighted by Crippen LogP contribution is 2.01. The maximum atomic E-state index is 11.6. The highest BCUT2D eigenvalue weighted by atomic mass is 16.2. The number of hydrogen-bond donors (Lipinski definition) is 2. The van der Waals surface area contributed by atoms with Gasteiger partial charge in [0.2, 0.25) is 11.8 Å². The minimum Gasteiger partial charge on any atom is -0.370 e. The van der Waals surface area contributed by atoms with Crippen molar-refractivity contribution in [3.8, 4) is 0 Å². The molecule has 98 valence electrons. The van der Waals surface area contributed by atoms with Crippen LogP contribution in [0.5, 0.6) is 0 Å². The van der Waals surface area contributed by atoms with Crippen LogP contribution in [0.15, 0.2) is 12.2 Å². The summed E-state index contributed by atoms with van der Waals surface area (Å²) in [5, 5.41) is 2.82. The summed E-state index contributed by atoms with van der Waals surface area (Å²) < 4.78 is 0. The molecule has 0 saturated heterocycles. The van der Waals surface area contributed by atoms with Crippen LogP contribution in [-0.4, -0.2) is 17.9 Å². The van der Waals surface area contributed by atoms with Gasteiger partial charge in [0.1, 0.15) is 0 Å². The van der Waals surface area contributed by atoms with Crippen LogP contribution < -0.4 is 11.1 Å². The lowest BCUT2D eigenvalue weighted by atomic mass is 10.1. The molecule has 0 heterocycles. The van der Waals surface area contributed by atoms with E-state index in [9.17, 15) is 9.59 Å². The van der Waals surface area contributed by atoms with Gasteiger partial charge < -0.3 is 11.1 Å². The Morgan fingerprint density at radius 1 is 1.29 bits per heavy atom. The van der Waals surface area contributed by atoms with Crippen LogP contribution in [0.25, 0.3) is 0 Å². The minimum absolute atomic E-state index is 0.00884. The van der Waals surface area contributed by atoms with Gasteiger partial charge >= 0.3 is 0 Å². The number of unbranched alkanes of at least 4 members (excludes halogenated alkanes) is 2. The molecule has 0 radical (unpaired) electrons. The largest absolute Gasteiger partial charge is 0.370 e. The summed E-state index contributed by atoms with van der Waals surface area (Å²) in [6, 6.07) is -0.262. The Bertz CT molecular complexity index is 262. The Morgan fingerprint density at radius 2 is 2.00 bits per heavy atom. The van der Waals surface area contributed by atoms with Crippen LogP contribution in [-0.2, 0) is 9.59 Å². The molecule has 0 aromatic rings. The molecule has 0 aromatic heterocycles. The van der Waals surface area contributed by atoms with Crippen molar-refractivity contribution in [2.24, 2.45) is 5.73 Å². The Morgan fingerprint density at radius 3 is 2.53 bits per heavy atom. The van der Waals surface area contributed by atoms with Crippen molar-refractivity contribution in [1.29, 1.82) is 0 Å². The first kappa shape index (κ1) is 15.7. The first-order valence-electron chi connectivity index (χ1n) is 6.34. The lowest BCUT2D eigenvalue weighted by Crippen LogP contribution is -2.36. The lowest BCUT2D eigenvalue weighted by Gasteiger charge is -2.13. The molecule has 1 atom stereocenters. The highest BCUT2D eigenvalue weighted by Gasteiger charge is 2.11. The third-order valence-corrected chi connectivity index (χ3v) is 2.38. The van der Waals surface area contributed by atoms with Gasteiger partial charge in [0.25, 0.3) is 0 Å². The number of carbonyl (C=O) groups excluding carboxylic acids is 2. The number of allylic oxidation sites excluding steroid dienone is 1. The highest BCUT2D eigenvalue weighted by molar-refractivity contribution is 5.79. The van der Waals surface area contributed by atoms with E-state index in [1.165, 1.54) is 0 Å². The zero-order valence-corrected chi connectivity index (χ0v) is 10.9. The summed E-state index contributed by atoms with van der Waals surface area (Å²) in [6.07, 6.45) is 8.36. The van der Waals surface area contributed by atoms with E-state index in [1.54, 1.807) is 0 Å². The molecule has 3 N–H and O–H groups in total. The number of amides is 2. The number of nitrogens with one attached hydrogen (secondary N) is 1. The van der Waals surface area contributed by atoms with Crippen molar-refractivity contribution in [3.63, 3.8) is 0 Å². The van der Waals surface area contributed by atoms with Crippen molar-refractivity contribution in [1.82, 2.24) is 5.32 Å². The molecule has 0 spiro atoms. The quantitative estimate of drug-likeness (QED) is 0.477. The van der Waals surface area contributed by atoms with Crippen LogP contribution in [0.2, 0.25) is 0 Å². The molecule has 0 aliphatic heterocycles. The monoisotopic (exact) mass is 240 g/mol. The van der Waals surface area contributed by atoms with Crippen molar-refractivity contribution in [3.05, 3.63) is 12.2 Å². The van der Waals surface area contributed by atoms with E-state index in [1.807, 2.05) is 19.1 Å². The smallest absolute Gasteiger partial charge is 0.220 e. The molecular weight excluding hydrogens is 216 g/mol. The molecule has 4 heteroatoms. The topological polar surface area (TPSA) is 72.2 Å². The van der Waals surface area contributed by atoms with Crippen molar-refractivity contribution < 1.29 is 9.59 Å². The molecule has 0 saturated carbocycles. The van der Waals surface area contributed by atoms with Crippen LogP contribution in [0.3, 0.4) is 0 Å². The second-order valence-corrected chi connectivity index (χ2v) is 4.14. The molecule has 17 heavy (non-hydrogen) atoms. The lowest BCUT2D eigenvalue weighted by molar-refractivity contribution is -0.122. The van der Waals surface area contributed by atoms with Crippen LogP contribution in [0.4, 0.5) is 0 Å². The van der Waals surface area contributed by atoms with Gasteiger partial charge in [0.15, 0.2) is 0 Å².